The van der Waals surface area contributed by atoms with Gasteiger partial charge in [0.1, 0.15) is 5.82 Å². The second kappa shape index (κ2) is 6.44. The van der Waals surface area contributed by atoms with E-state index in [1.807, 2.05) is 13.8 Å². The van der Waals surface area contributed by atoms with E-state index in [0.29, 0.717) is 23.8 Å². The molecule has 0 radical (unpaired) electrons. The molecule has 0 aliphatic carbocycles. The molecule has 0 saturated heterocycles. The van der Waals surface area contributed by atoms with Crippen LogP contribution in [0.4, 0.5) is 15.8 Å². The summed E-state index contributed by atoms with van der Waals surface area (Å²) in [4.78, 5) is 11.4. The van der Waals surface area contributed by atoms with Crippen LogP contribution in [-0.2, 0) is 4.79 Å². The Morgan fingerprint density at radius 1 is 1.50 bits per heavy atom. The fraction of sp³-hybridized carbons (Fsp3) is 0.417. The van der Waals surface area contributed by atoms with E-state index in [-0.39, 0.29) is 17.5 Å². The highest BCUT2D eigenvalue weighted by atomic mass is 35.5. The summed E-state index contributed by atoms with van der Waals surface area (Å²) in [5.41, 5.74) is 6.32. The minimum absolute atomic E-state index is 0.0395. The number of amides is 1. The predicted molar refractivity (Wildman–Crippen MR) is 72.2 cm³/mol. The predicted octanol–water partition coefficient (Wildman–Crippen LogP) is 2.25. The molecule has 0 saturated carbocycles. The van der Waals surface area contributed by atoms with Gasteiger partial charge < -0.3 is 16.4 Å². The highest BCUT2D eigenvalue weighted by Gasteiger charge is 2.08. The molecule has 0 fully saturated rings. The SMILES string of the molecule is CC(C)CNC(=O)CNc1cc(F)c(Cl)cc1N. The second-order valence-corrected chi connectivity index (χ2v) is 4.81. The fourth-order valence-corrected chi connectivity index (χ4v) is 1.44. The van der Waals surface area contributed by atoms with Crippen molar-refractivity contribution in [2.45, 2.75) is 13.8 Å². The number of carbonyl (C=O) groups is 1. The van der Waals surface area contributed by atoms with Gasteiger partial charge in [-0.05, 0) is 12.0 Å². The molecule has 100 valence electrons. The number of halogens is 2. The number of anilines is 2. The maximum atomic E-state index is 13.2. The molecule has 1 aromatic carbocycles. The molecule has 1 rings (SSSR count). The van der Waals surface area contributed by atoms with Gasteiger partial charge in [-0.3, -0.25) is 4.79 Å². The Balaban J connectivity index is 2.53. The largest absolute Gasteiger partial charge is 0.397 e. The summed E-state index contributed by atoms with van der Waals surface area (Å²) in [7, 11) is 0. The van der Waals surface area contributed by atoms with Gasteiger partial charge in [0.2, 0.25) is 5.91 Å². The monoisotopic (exact) mass is 273 g/mol. The third kappa shape index (κ3) is 4.41. The summed E-state index contributed by atoms with van der Waals surface area (Å²) in [6.45, 7) is 4.64. The molecule has 1 amide bonds. The summed E-state index contributed by atoms with van der Waals surface area (Å²) in [6, 6.07) is 2.48. The molecule has 6 heteroatoms. The van der Waals surface area contributed by atoms with Gasteiger partial charge in [0.15, 0.2) is 0 Å². The third-order valence-corrected chi connectivity index (χ3v) is 2.53. The van der Waals surface area contributed by atoms with Crippen molar-refractivity contribution in [3.63, 3.8) is 0 Å². The normalized spacial score (nSPS) is 10.5. The Bertz CT molecular complexity index is 438. The summed E-state index contributed by atoms with van der Waals surface area (Å²) < 4.78 is 13.2. The van der Waals surface area contributed by atoms with Gasteiger partial charge in [-0.25, -0.2) is 4.39 Å². The van der Waals surface area contributed by atoms with E-state index in [1.54, 1.807) is 0 Å². The van der Waals surface area contributed by atoms with E-state index in [1.165, 1.54) is 12.1 Å². The summed E-state index contributed by atoms with van der Waals surface area (Å²) in [6.07, 6.45) is 0. The topological polar surface area (TPSA) is 67.2 Å². The van der Waals surface area contributed by atoms with Gasteiger partial charge in [0.05, 0.1) is 22.9 Å². The lowest BCUT2D eigenvalue weighted by molar-refractivity contribution is -0.119. The zero-order valence-corrected chi connectivity index (χ0v) is 11.1. The maximum absolute atomic E-state index is 13.2. The molecular weight excluding hydrogens is 257 g/mol. The number of hydrogen-bond donors (Lipinski definition) is 3. The van der Waals surface area contributed by atoms with Gasteiger partial charge in [0.25, 0.3) is 0 Å². The number of nitrogen functional groups attached to an aromatic ring is 1. The fourth-order valence-electron chi connectivity index (χ4n) is 1.27. The van der Waals surface area contributed by atoms with E-state index in [2.05, 4.69) is 10.6 Å². The number of hydrogen-bond acceptors (Lipinski definition) is 3. The molecule has 0 spiro atoms. The van der Waals surface area contributed by atoms with E-state index < -0.39 is 5.82 Å². The van der Waals surface area contributed by atoms with Crippen molar-refractivity contribution in [2.24, 2.45) is 5.92 Å². The van der Waals surface area contributed by atoms with Crippen LogP contribution in [0.15, 0.2) is 12.1 Å². The first-order valence-corrected chi connectivity index (χ1v) is 6.03. The molecule has 18 heavy (non-hydrogen) atoms. The van der Waals surface area contributed by atoms with E-state index in [4.69, 9.17) is 17.3 Å². The van der Waals surface area contributed by atoms with Crippen molar-refractivity contribution in [1.29, 1.82) is 0 Å². The molecule has 0 aliphatic rings. The summed E-state index contributed by atoms with van der Waals surface area (Å²) in [5.74, 6) is -0.360. The average molecular weight is 274 g/mol. The first-order valence-electron chi connectivity index (χ1n) is 5.65. The molecule has 0 atom stereocenters. The van der Waals surface area contributed by atoms with Gasteiger partial charge in [-0.1, -0.05) is 25.4 Å². The van der Waals surface area contributed by atoms with Crippen LogP contribution >= 0.6 is 11.6 Å². The second-order valence-electron chi connectivity index (χ2n) is 4.41. The van der Waals surface area contributed by atoms with E-state index in [0.717, 1.165) is 0 Å². The van der Waals surface area contributed by atoms with Crippen LogP contribution in [0.5, 0.6) is 0 Å². The molecular formula is C12H17ClFN3O. The van der Waals surface area contributed by atoms with Crippen molar-refractivity contribution in [3.05, 3.63) is 23.0 Å². The third-order valence-electron chi connectivity index (χ3n) is 2.24. The maximum Gasteiger partial charge on any atom is 0.239 e. The Morgan fingerprint density at radius 3 is 2.78 bits per heavy atom. The quantitative estimate of drug-likeness (QED) is 0.721. The number of rotatable bonds is 5. The molecule has 0 heterocycles. The van der Waals surface area contributed by atoms with Crippen LogP contribution in [0, 0.1) is 11.7 Å². The molecule has 0 aromatic heterocycles. The lowest BCUT2D eigenvalue weighted by Gasteiger charge is -2.11. The van der Waals surface area contributed by atoms with Gasteiger partial charge in [-0.2, -0.15) is 0 Å². The first kappa shape index (κ1) is 14.6. The number of nitrogens with two attached hydrogens (primary N) is 1. The molecule has 4 nitrogen and oxygen atoms in total. The zero-order valence-electron chi connectivity index (χ0n) is 10.4. The molecule has 0 bridgehead atoms. The lowest BCUT2D eigenvalue weighted by atomic mass is 10.2. The minimum Gasteiger partial charge on any atom is -0.397 e. The van der Waals surface area contributed by atoms with E-state index in [9.17, 15) is 9.18 Å². The number of benzene rings is 1. The molecule has 0 unspecified atom stereocenters. The van der Waals surface area contributed by atoms with Crippen molar-refractivity contribution in [1.82, 2.24) is 5.32 Å². The van der Waals surface area contributed by atoms with Crippen molar-refractivity contribution >= 4 is 28.9 Å². The highest BCUT2D eigenvalue weighted by molar-refractivity contribution is 6.31. The Labute approximate surface area is 111 Å². The lowest BCUT2D eigenvalue weighted by Crippen LogP contribution is -2.32. The molecule has 4 N–H and O–H groups in total. The highest BCUT2D eigenvalue weighted by Crippen LogP contribution is 2.25. The Hall–Kier alpha value is -1.49. The number of nitrogens with one attached hydrogen (secondary N) is 2. The van der Waals surface area contributed by atoms with Crippen LogP contribution in [0.2, 0.25) is 5.02 Å². The van der Waals surface area contributed by atoms with Crippen molar-refractivity contribution < 1.29 is 9.18 Å². The van der Waals surface area contributed by atoms with E-state index >= 15 is 0 Å². The van der Waals surface area contributed by atoms with Crippen LogP contribution in [-0.4, -0.2) is 19.0 Å². The Morgan fingerprint density at radius 2 is 2.17 bits per heavy atom. The summed E-state index contributed by atoms with van der Waals surface area (Å²) >= 11 is 5.57. The number of carbonyl (C=O) groups excluding carboxylic acids is 1. The van der Waals surface area contributed by atoms with Gasteiger partial charge in [0, 0.05) is 12.6 Å². The van der Waals surface area contributed by atoms with Crippen LogP contribution in [0.25, 0.3) is 0 Å². The van der Waals surface area contributed by atoms with Crippen LogP contribution in [0.3, 0.4) is 0 Å². The molecule has 1 aromatic rings. The zero-order chi connectivity index (χ0) is 13.7. The van der Waals surface area contributed by atoms with Crippen molar-refractivity contribution in [3.8, 4) is 0 Å². The minimum atomic E-state index is -0.573. The average Bonchev–Trinajstić information content (AvgIpc) is 2.29. The smallest absolute Gasteiger partial charge is 0.239 e. The van der Waals surface area contributed by atoms with Gasteiger partial charge >= 0.3 is 0 Å². The van der Waals surface area contributed by atoms with Crippen LogP contribution < -0.4 is 16.4 Å². The summed E-state index contributed by atoms with van der Waals surface area (Å²) in [5, 5.41) is 5.47. The standard InChI is InChI=1S/C12H17ClFN3O/c1-7(2)5-17-12(18)6-16-11-4-9(14)8(13)3-10(11)15/h3-4,7,16H,5-6,15H2,1-2H3,(H,17,18). The van der Waals surface area contributed by atoms with Crippen molar-refractivity contribution in [2.75, 3.05) is 24.1 Å². The Kier molecular flexibility index (Phi) is 5.22. The van der Waals surface area contributed by atoms with Crippen LogP contribution in [0.1, 0.15) is 13.8 Å². The molecule has 0 aliphatic heterocycles. The first-order chi connectivity index (χ1) is 8.40. The van der Waals surface area contributed by atoms with Gasteiger partial charge in [-0.15, -0.1) is 0 Å².